The fraction of sp³-hybridized carbons (Fsp3) is 0.789. The fourth-order valence-corrected chi connectivity index (χ4v) is 4.08. The van der Waals surface area contributed by atoms with Gasteiger partial charge in [-0.05, 0) is 52.0 Å². The second-order valence-electron chi connectivity index (χ2n) is 7.35. The highest BCUT2D eigenvalue weighted by molar-refractivity contribution is 5.94. The molecule has 6 nitrogen and oxygen atoms in total. The van der Waals surface area contributed by atoms with E-state index in [2.05, 4.69) is 22.2 Å². The van der Waals surface area contributed by atoms with Gasteiger partial charge in [-0.1, -0.05) is 6.92 Å². The molecule has 2 heterocycles. The molecule has 1 aliphatic carbocycles. The van der Waals surface area contributed by atoms with Gasteiger partial charge >= 0.3 is 0 Å². The zero-order valence-corrected chi connectivity index (χ0v) is 15.8. The van der Waals surface area contributed by atoms with Crippen LogP contribution in [0.3, 0.4) is 0 Å². The van der Waals surface area contributed by atoms with Crippen molar-refractivity contribution in [2.45, 2.75) is 64.5 Å². The maximum absolute atomic E-state index is 13.1. The van der Waals surface area contributed by atoms with Gasteiger partial charge in [-0.2, -0.15) is 5.10 Å². The van der Waals surface area contributed by atoms with E-state index in [0.717, 1.165) is 76.9 Å². The van der Waals surface area contributed by atoms with E-state index in [1.165, 1.54) is 17.7 Å². The fourth-order valence-electron chi connectivity index (χ4n) is 4.08. The molecule has 0 saturated carbocycles. The van der Waals surface area contributed by atoms with E-state index in [1.807, 2.05) is 11.9 Å². The van der Waals surface area contributed by atoms with Gasteiger partial charge in [0.1, 0.15) is 0 Å². The summed E-state index contributed by atoms with van der Waals surface area (Å²) in [5.41, 5.74) is 3.23. The number of nitrogens with one attached hydrogen (secondary N) is 2. The first-order valence-corrected chi connectivity index (χ1v) is 10.0. The molecule has 3 rings (SSSR count). The van der Waals surface area contributed by atoms with Crippen LogP contribution in [-0.4, -0.2) is 59.9 Å². The van der Waals surface area contributed by atoms with Crippen molar-refractivity contribution >= 4 is 5.91 Å². The minimum atomic E-state index is 0.154. The molecule has 1 unspecified atom stereocenters. The van der Waals surface area contributed by atoms with Crippen LogP contribution in [0.5, 0.6) is 0 Å². The first-order chi connectivity index (χ1) is 12.2. The smallest absolute Gasteiger partial charge is 0.274 e. The third kappa shape index (κ3) is 4.23. The average Bonchev–Trinajstić information content (AvgIpc) is 3.00. The van der Waals surface area contributed by atoms with Gasteiger partial charge in [-0.15, -0.1) is 0 Å². The average molecular weight is 348 g/mol. The van der Waals surface area contributed by atoms with E-state index >= 15 is 0 Å². The SMILES string of the molecule is CCCn1nc(C(=O)N2CCCCC2)c2c1CCC(NCCNC)C2. The van der Waals surface area contributed by atoms with E-state index in [1.54, 1.807) is 0 Å². The Morgan fingerprint density at radius 2 is 2.04 bits per heavy atom. The van der Waals surface area contributed by atoms with E-state index in [0.29, 0.717) is 6.04 Å². The van der Waals surface area contributed by atoms with Crippen molar-refractivity contribution in [1.29, 1.82) is 0 Å². The summed E-state index contributed by atoms with van der Waals surface area (Å²) >= 11 is 0. The third-order valence-corrected chi connectivity index (χ3v) is 5.44. The second-order valence-corrected chi connectivity index (χ2v) is 7.35. The van der Waals surface area contributed by atoms with Crippen LogP contribution in [-0.2, 0) is 19.4 Å². The predicted octanol–water partition coefficient (Wildman–Crippen LogP) is 1.59. The van der Waals surface area contributed by atoms with Crippen molar-refractivity contribution in [2.24, 2.45) is 0 Å². The lowest BCUT2D eigenvalue weighted by Gasteiger charge is -2.27. The summed E-state index contributed by atoms with van der Waals surface area (Å²) in [5, 5.41) is 11.6. The molecule has 0 spiro atoms. The summed E-state index contributed by atoms with van der Waals surface area (Å²) in [5.74, 6) is 0.154. The summed E-state index contributed by atoms with van der Waals surface area (Å²) in [7, 11) is 1.98. The molecule has 1 amide bonds. The van der Waals surface area contributed by atoms with Crippen LogP contribution >= 0.6 is 0 Å². The highest BCUT2D eigenvalue weighted by Crippen LogP contribution is 2.27. The molecule has 1 aromatic rings. The predicted molar refractivity (Wildman–Crippen MR) is 100 cm³/mol. The normalized spacial score (nSPS) is 20.6. The monoisotopic (exact) mass is 347 g/mol. The number of fused-ring (bicyclic) bond motifs is 1. The van der Waals surface area contributed by atoms with Crippen LogP contribution in [0.4, 0.5) is 0 Å². The molecule has 6 heteroatoms. The number of piperidine rings is 1. The number of carbonyl (C=O) groups is 1. The molecule has 0 aromatic carbocycles. The summed E-state index contributed by atoms with van der Waals surface area (Å²) in [6, 6.07) is 0.452. The molecule has 1 atom stereocenters. The number of likely N-dealkylation sites (tertiary alicyclic amines) is 1. The van der Waals surface area contributed by atoms with Crippen LogP contribution in [0.2, 0.25) is 0 Å². The number of hydrogen-bond acceptors (Lipinski definition) is 4. The van der Waals surface area contributed by atoms with Gasteiger partial charge in [0.25, 0.3) is 5.91 Å². The third-order valence-electron chi connectivity index (χ3n) is 5.44. The van der Waals surface area contributed by atoms with Crippen molar-refractivity contribution in [3.8, 4) is 0 Å². The van der Waals surface area contributed by atoms with Crippen molar-refractivity contribution in [2.75, 3.05) is 33.2 Å². The Morgan fingerprint density at radius 3 is 2.76 bits per heavy atom. The maximum atomic E-state index is 13.1. The minimum absolute atomic E-state index is 0.154. The van der Waals surface area contributed by atoms with Gasteiger partial charge in [0, 0.05) is 50.0 Å². The van der Waals surface area contributed by atoms with Crippen molar-refractivity contribution in [3.63, 3.8) is 0 Å². The van der Waals surface area contributed by atoms with Crippen molar-refractivity contribution < 1.29 is 4.79 Å². The van der Waals surface area contributed by atoms with Crippen LogP contribution in [0, 0.1) is 0 Å². The Labute approximate surface area is 151 Å². The number of aromatic nitrogens is 2. The molecule has 0 bridgehead atoms. The molecular formula is C19H33N5O. The first kappa shape index (κ1) is 18.4. The van der Waals surface area contributed by atoms with Crippen LogP contribution < -0.4 is 10.6 Å². The summed E-state index contributed by atoms with van der Waals surface area (Å²) in [4.78, 5) is 15.1. The van der Waals surface area contributed by atoms with Crippen molar-refractivity contribution in [3.05, 3.63) is 17.0 Å². The molecule has 1 aromatic heterocycles. The Bertz CT molecular complexity index is 577. The Kier molecular flexibility index (Phi) is 6.48. The number of likely N-dealkylation sites (N-methyl/N-ethyl adjacent to an activating group) is 1. The van der Waals surface area contributed by atoms with E-state index in [-0.39, 0.29) is 5.91 Å². The number of nitrogens with zero attached hydrogens (tertiary/aromatic N) is 3. The molecule has 140 valence electrons. The number of amides is 1. The van der Waals surface area contributed by atoms with Gasteiger partial charge in [0.05, 0.1) is 0 Å². The molecule has 1 saturated heterocycles. The zero-order valence-electron chi connectivity index (χ0n) is 15.8. The van der Waals surface area contributed by atoms with Gasteiger partial charge < -0.3 is 15.5 Å². The Morgan fingerprint density at radius 1 is 1.24 bits per heavy atom. The van der Waals surface area contributed by atoms with Gasteiger partial charge in [0.15, 0.2) is 5.69 Å². The standard InChI is InChI=1S/C19H33N5O/c1-3-11-24-17-8-7-15(21-10-9-20-2)14-16(17)18(22-24)19(25)23-12-5-4-6-13-23/h15,20-21H,3-14H2,1-2H3. The minimum Gasteiger partial charge on any atom is -0.337 e. The quantitative estimate of drug-likeness (QED) is 0.735. The number of hydrogen-bond donors (Lipinski definition) is 2. The number of rotatable bonds is 7. The summed E-state index contributed by atoms with van der Waals surface area (Å²) < 4.78 is 2.11. The van der Waals surface area contributed by atoms with Crippen LogP contribution in [0.1, 0.15) is 60.8 Å². The van der Waals surface area contributed by atoms with Crippen LogP contribution in [0.15, 0.2) is 0 Å². The summed E-state index contributed by atoms with van der Waals surface area (Å²) in [6.07, 6.45) is 7.61. The molecule has 1 fully saturated rings. The Hall–Kier alpha value is -1.40. The van der Waals surface area contributed by atoms with Crippen molar-refractivity contribution in [1.82, 2.24) is 25.3 Å². The second kappa shape index (κ2) is 8.81. The Balaban J connectivity index is 1.79. The van der Waals surface area contributed by atoms with E-state index in [4.69, 9.17) is 5.10 Å². The van der Waals surface area contributed by atoms with Crippen LogP contribution in [0.25, 0.3) is 0 Å². The van der Waals surface area contributed by atoms with Gasteiger partial charge in [-0.3, -0.25) is 9.48 Å². The maximum Gasteiger partial charge on any atom is 0.274 e. The lowest BCUT2D eigenvalue weighted by atomic mass is 9.91. The highest BCUT2D eigenvalue weighted by atomic mass is 16.2. The number of carbonyl (C=O) groups excluding carboxylic acids is 1. The molecular weight excluding hydrogens is 314 g/mol. The largest absolute Gasteiger partial charge is 0.337 e. The zero-order chi connectivity index (χ0) is 17.6. The lowest BCUT2D eigenvalue weighted by Crippen LogP contribution is -2.39. The lowest BCUT2D eigenvalue weighted by molar-refractivity contribution is 0.0716. The van der Waals surface area contributed by atoms with Gasteiger partial charge in [0.2, 0.25) is 0 Å². The number of aryl methyl sites for hydroxylation is 1. The first-order valence-electron chi connectivity index (χ1n) is 10.0. The molecule has 0 radical (unpaired) electrons. The molecule has 1 aliphatic heterocycles. The molecule has 2 aliphatic rings. The topological polar surface area (TPSA) is 62.2 Å². The molecule has 2 N–H and O–H groups in total. The summed E-state index contributed by atoms with van der Waals surface area (Å²) in [6.45, 7) is 6.79. The van der Waals surface area contributed by atoms with E-state index in [9.17, 15) is 4.79 Å². The molecule has 25 heavy (non-hydrogen) atoms. The van der Waals surface area contributed by atoms with Gasteiger partial charge in [-0.25, -0.2) is 0 Å². The highest BCUT2D eigenvalue weighted by Gasteiger charge is 2.31. The van der Waals surface area contributed by atoms with E-state index < -0.39 is 0 Å².